The van der Waals surface area contributed by atoms with Crippen LogP contribution in [-0.4, -0.2) is 16.3 Å². The van der Waals surface area contributed by atoms with Gasteiger partial charge in [0, 0.05) is 11.4 Å². The number of terminal acetylenes is 1. The summed E-state index contributed by atoms with van der Waals surface area (Å²) in [7, 11) is 0. The maximum atomic E-state index is 12.1. The molecule has 0 spiro atoms. The van der Waals surface area contributed by atoms with Crippen molar-refractivity contribution in [3.8, 4) is 12.3 Å². The molecule has 104 valence electrons. The summed E-state index contributed by atoms with van der Waals surface area (Å²) in [5.74, 6) is 2.38. The zero-order valence-corrected chi connectivity index (χ0v) is 13.6. The molecule has 0 amide bonds. The zero-order valence-electron chi connectivity index (χ0n) is 10.4. The fraction of sp³-hybridized carbons (Fsp3) is 0.231. The van der Waals surface area contributed by atoms with Gasteiger partial charge < -0.3 is 5.32 Å². The Balaban J connectivity index is 2.07. The largest absolute Gasteiger partial charge is 0.379 e. The van der Waals surface area contributed by atoms with Crippen molar-refractivity contribution in [2.45, 2.75) is 13.0 Å². The van der Waals surface area contributed by atoms with E-state index in [0.717, 1.165) is 10.2 Å². The van der Waals surface area contributed by atoms with Crippen molar-refractivity contribution in [1.29, 1.82) is 0 Å². The molecule has 2 aromatic rings. The predicted octanol–water partition coefficient (Wildman–Crippen LogP) is 3.01. The van der Waals surface area contributed by atoms with Crippen molar-refractivity contribution in [3.05, 3.63) is 42.4 Å². The van der Waals surface area contributed by atoms with Crippen LogP contribution in [0.3, 0.4) is 0 Å². The summed E-state index contributed by atoms with van der Waals surface area (Å²) in [5, 5.41) is 7.24. The van der Waals surface area contributed by atoms with E-state index in [1.54, 1.807) is 11.3 Å². The lowest BCUT2D eigenvalue weighted by molar-refractivity contribution is 0.664. The Kier molecular flexibility index (Phi) is 5.24. The van der Waals surface area contributed by atoms with Gasteiger partial charge in [-0.25, -0.2) is 4.68 Å². The van der Waals surface area contributed by atoms with Crippen LogP contribution in [0.4, 0.5) is 5.69 Å². The molecule has 20 heavy (non-hydrogen) atoms. The molecule has 0 aliphatic carbocycles. The maximum absolute atomic E-state index is 12.1. The molecule has 0 aliphatic heterocycles. The van der Waals surface area contributed by atoms with E-state index in [-0.39, 0.29) is 12.1 Å². The minimum absolute atomic E-state index is 0.128. The van der Waals surface area contributed by atoms with Crippen LogP contribution in [0.25, 0.3) is 0 Å². The normalized spacial score (nSPS) is 10.2. The summed E-state index contributed by atoms with van der Waals surface area (Å²) >= 11 is 11.1. The number of nitrogens with zero attached hydrogens (tertiary/aromatic N) is 2. The number of hydrogen-bond acceptors (Lipinski definition) is 4. The van der Waals surface area contributed by atoms with Crippen LogP contribution in [0, 0.1) is 12.3 Å². The van der Waals surface area contributed by atoms with Crippen LogP contribution >= 0.6 is 38.9 Å². The molecule has 0 aliphatic rings. The lowest BCUT2D eigenvalue weighted by Gasteiger charge is -2.08. The quantitative estimate of drug-likeness (QED) is 0.821. The molecule has 0 bridgehead atoms. The third-order valence-corrected chi connectivity index (χ3v) is 4.51. The average Bonchev–Trinajstić information content (AvgIpc) is 2.83. The third-order valence-electron chi connectivity index (χ3n) is 2.54. The predicted molar refractivity (Wildman–Crippen MR) is 86.6 cm³/mol. The third kappa shape index (κ3) is 3.63. The van der Waals surface area contributed by atoms with Crippen LogP contribution in [0.1, 0.15) is 4.88 Å². The standard InChI is InChI=1S/C13H11BrClN3OS/c1-2-7-18-13(19)12(10(15)8-17-18)16-6-5-9-3-4-11(14)20-9/h1,3-4,8,16H,5-7H2. The van der Waals surface area contributed by atoms with Crippen molar-refractivity contribution >= 4 is 44.6 Å². The highest BCUT2D eigenvalue weighted by atomic mass is 79.9. The van der Waals surface area contributed by atoms with E-state index >= 15 is 0 Å². The number of anilines is 1. The second-order valence-corrected chi connectivity index (χ2v) is 6.87. The van der Waals surface area contributed by atoms with Gasteiger partial charge in [0.15, 0.2) is 0 Å². The van der Waals surface area contributed by atoms with Crippen LogP contribution in [-0.2, 0) is 13.0 Å². The van der Waals surface area contributed by atoms with Gasteiger partial charge in [-0.2, -0.15) is 5.10 Å². The SMILES string of the molecule is C#CCn1ncc(Cl)c(NCCc2ccc(Br)s2)c1=O. The van der Waals surface area contributed by atoms with Crippen LogP contribution in [0.15, 0.2) is 26.9 Å². The number of aromatic nitrogens is 2. The van der Waals surface area contributed by atoms with E-state index in [1.165, 1.54) is 15.8 Å². The molecule has 2 aromatic heterocycles. The van der Waals surface area contributed by atoms with Crippen LogP contribution in [0.5, 0.6) is 0 Å². The van der Waals surface area contributed by atoms with E-state index in [9.17, 15) is 4.79 Å². The highest BCUT2D eigenvalue weighted by Gasteiger charge is 2.09. The minimum atomic E-state index is -0.303. The van der Waals surface area contributed by atoms with Gasteiger partial charge in [-0.1, -0.05) is 17.5 Å². The van der Waals surface area contributed by atoms with Gasteiger partial charge in [0.05, 0.1) is 15.0 Å². The van der Waals surface area contributed by atoms with Crippen LogP contribution in [0.2, 0.25) is 5.02 Å². The highest BCUT2D eigenvalue weighted by molar-refractivity contribution is 9.11. The Morgan fingerprint density at radius 2 is 2.35 bits per heavy atom. The smallest absolute Gasteiger partial charge is 0.292 e. The first-order valence-electron chi connectivity index (χ1n) is 5.79. The molecule has 0 atom stereocenters. The molecule has 2 rings (SSSR count). The monoisotopic (exact) mass is 371 g/mol. The van der Waals surface area contributed by atoms with Gasteiger partial charge in [-0.05, 0) is 34.5 Å². The molecule has 0 saturated carbocycles. The van der Waals surface area contributed by atoms with Crippen molar-refractivity contribution in [1.82, 2.24) is 9.78 Å². The molecule has 1 N–H and O–H groups in total. The molecular weight excluding hydrogens is 362 g/mol. The summed E-state index contributed by atoms with van der Waals surface area (Å²) in [6.07, 6.45) is 7.42. The first-order chi connectivity index (χ1) is 9.61. The summed E-state index contributed by atoms with van der Waals surface area (Å²) in [4.78, 5) is 13.3. The Labute approximate surface area is 133 Å². The molecule has 0 unspecified atom stereocenters. The molecule has 0 fully saturated rings. The lowest BCUT2D eigenvalue weighted by Crippen LogP contribution is -2.26. The lowest BCUT2D eigenvalue weighted by atomic mass is 10.3. The number of thiophene rings is 1. The van der Waals surface area contributed by atoms with Gasteiger partial charge in [0.2, 0.25) is 0 Å². The van der Waals surface area contributed by atoms with Crippen molar-refractivity contribution < 1.29 is 0 Å². The number of hydrogen-bond donors (Lipinski definition) is 1. The van der Waals surface area contributed by atoms with Crippen LogP contribution < -0.4 is 10.9 Å². The van der Waals surface area contributed by atoms with Crippen molar-refractivity contribution in [3.63, 3.8) is 0 Å². The minimum Gasteiger partial charge on any atom is -0.379 e. The summed E-state index contributed by atoms with van der Waals surface area (Å²) < 4.78 is 2.29. The van der Waals surface area contributed by atoms with Gasteiger partial charge in [-0.3, -0.25) is 4.79 Å². The fourth-order valence-corrected chi connectivity index (χ4v) is 3.30. The van der Waals surface area contributed by atoms with Gasteiger partial charge >= 0.3 is 0 Å². The van der Waals surface area contributed by atoms with E-state index in [1.807, 2.05) is 12.1 Å². The molecule has 0 aromatic carbocycles. The second kappa shape index (κ2) is 6.93. The summed E-state index contributed by atoms with van der Waals surface area (Å²) in [6.45, 7) is 0.741. The Hall–Kier alpha value is -1.29. The fourth-order valence-electron chi connectivity index (χ4n) is 1.62. The van der Waals surface area contributed by atoms with Crippen molar-refractivity contribution in [2.24, 2.45) is 0 Å². The molecular formula is C13H11BrClN3OS. The van der Waals surface area contributed by atoms with Crippen molar-refractivity contribution in [2.75, 3.05) is 11.9 Å². The highest BCUT2D eigenvalue weighted by Crippen LogP contribution is 2.22. The summed E-state index contributed by atoms with van der Waals surface area (Å²) in [6, 6.07) is 4.04. The Bertz CT molecular complexity index is 704. The number of halogens is 2. The van der Waals surface area contributed by atoms with Gasteiger partial charge in [0.25, 0.3) is 5.56 Å². The Morgan fingerprint density at radius 1 is 1.55 bits per heavy atom. The zero-order chi connectivity index (χ0) is 14.5. The second-order valence-electron chi connectivity index (χ2n) is 3.92. The van der Waals surface area contributed by atoms with Gasteiger partial charge in [-0.15, -0.1) is 17.8 Å². The summed E-state index contributed by atoms with van der Waals surface area (Å²) in [5.41, 5.74) is 0.0374. The van der Waals surface area contributed by atoms with E-state index in [0.29, 0.717) is 17.3 Å². The van der Waals surface area contributed by atoms with E-state index in [4.69, 9.17) is 18.0 Å². The molecule has 0 radical (unpaired) electrons. The first kappa shape index (κ1) is 15.1. The molecule has 7 heteroatoms. The first-order valence-corrected chi connectivity index (χ1v) is 7.77. The van der Waals surface area contributed by atoms with E-state index < -0.39 is 0 Å². The van der Waals surface area contributed by atoms with Gasteiger partial charge in [0.1, 0.15) is 12.2 Å². The topological polar surface area (TPSA) is 46.9 Å². The number of rotatable bonds is 5. The average molecular weight is 373 g/mol. The molecule has 2 heterocycles. The molecule has 0 saturated heterocycles. The van der Waals surface area contributed by atoms with E-state index in [2.05, 4.69) is 32.3 Å². The number of nitrogens with one attached hydrogen (secondary N) is 1. The maximum Gasteiger partial charge on any atom is 0.292 e. The Morgan fingerprint density at radius 3 is 3.00 bits per heavy atom. The molecule has 4 nitrogen and oxygen atoms in total.